The first-order chi connectivity index (χ1) is 10.6. The Hall–Kier alpha value is -1.71. The number of nitrogens with one attached hydrogen (secondary N) is 1. The van der Waals surface area contributed by atoms with Gasteiger partial charge in [0.15, 0.2) is 6.61 Å². The fraction of sp³-hybridized carbons (Fsp3) is 0.235. The second kappa shape index (κ2) is 8.66. The minimum absolute atomic E-state index is 0.0780. The van der Waals surface area contributed by atoms with Gasteiger partial charge in [0.05, 0.1) is 5.02 Å². The third-order valence-electron chi connectivity index (χ3n) is 3.06. The summed E-state index contributed by atoms with van der Waals surface area (Å²) in [7, 11) is 0. The van der Waals surface area contributed by atoms with Gasteiger partial charge in [0.1, 0.15) is 5.75 Å². The molecule has 5 heteroatoms. The van der Waals surface area contributed by atoms with Crippen molar-refractivity contribution < 1.29 is 9.53 Å². The van der Waals surface area contributed by atoms with Crippen LogP contribution in [0.2, 0.25) is 10.0 Å². The third kappa shape index (κ3) is 5.58. The van der Waals surface area contributed by atoms with Crippen molar-refractivity contribution in [3.05, 3.63) is 64.1 Å². The van der Waals surface area contributed by atoms with Crippen LogP contribution in [0.1, 0.15) is 12.0 Å². The minimum atomic E-state index is -0.177. The second-order valence-corrected chi connectivity index (χ2v) is 5.65. The predicted octanol–water partition coefficient (Wildman–Crippen LogP) is 4.12. The van der Waals surface area contributed by atoms with Gasteiger partial charge in [-0.05, 0) is 30.5 Å². The fourth-order valence-corrected chi connectivity index (χ4v) is 2.28. The van der Waals surface area contributed by atoms with Crippen LogP contribution in [-0.2, 0) is 11.2 Å². The molecule has 0 atom stereocenters. The van der Waals surface area contributed by atoms with Crippen LogP contribution in [0.5, 0.6) is 5.75 Å². The van der Waals surface area contributed by atoms with Crippen LogP contribution < -0.4 is 10.1 Å². The van der Waals surface area contributed by atoms with Gasteiger partial charge >= 0.3 is 0 Å². The third-order valence-corrected chi connectivity index (χ3v) is 3.61. The lowest BCUT2D eigenvalue weighted by molar-refractivity contribution is -0.123. The molecule has 0 aliphatic heterocycles. The molecule has 2 aromatic rings. The molecule has 0 saturated carbocycles. The Morgan fingerprint density at radius 3 is 2.64 bits per heavy atom. The number of carbonyl (C=O) groups excluding carboxylic acids is 1. The highest BCUT2D eigenvalue weighted by Crippen LogP contribution is 2.27. The molecule has 116 valence electrons. The van der Waals surface area contributed by atoms with Crippen molar-refractivity contribution in [2.75, 3.05) is 13.2 Å². The van der Waals surface area contributed by atoms with E-state index in [0.29, 0.717) is 22.3 Å². The highest BCUT2D eigenvalue weighted by Gasteiger charge is 2.06. The maximum Gasteiger partial charge on any atom is 0.257 e. The molecule has 0 radical (unpaired) electrons. The van der Waals surface area contributed by atoms with E-state index in [1.54, 1.807) is 18.2 Å². The van der Waals surface area contributed by atoms with E-state index in [0.717, 1.165) is 12.8 Å². The Labute approximate surface area is 140 Å². The highest BCUT2D eigenvalue weighted by molar-refractivity contribution is 6.34. The smallest absolute Gasteiger partial charge is 0.257 e. The van der Waals surface area contributed by atoms with E-state index in [4.69, 9.17) is 27.9 Å². The van der Waals surface area contributed by atoms with Crippen molar-refractivity contribution in [2.24, 2.45) is 0 Å². The SMILES string of the molecule is O=C(COc1cc(Cl)ccc1Cl)NCCCc1ccccc1. The molecule has 0 heterocycles. The van der Waals surface area contributed by atoms with Gasteiger partial charge in [-0.15, -0.1) is 0 Å². The van der Waals surface area contributed by atoms with E-state index >= 15 is 0 Å². The van der Waals surface area contributed by atoms with Crippen molar-refractivity contribution in [3.8, 4) is 5.75 Å². The van der Waals surface area contributed by atoms with Gasteiger partial charge in [-0.2, -0.15) is 0 Å². The van der Waals surface area contributed by atoms with Crippen molar-refractivity contribution in [1.82, 2.24) is 5.32 Å². The molecular weight excluding hydrogens is 321 g/mol. The Kier molecular flexibility index (Phi) is 6.56. The number of hydrogen-bond acceptors (Lipinski definition) is 2. The first kappa shape index (κ1) is 16.7. The van der Waals surface area contributed by atoms with Gasteiger partial charge in [0.2, 0.25) is 0 Å². The summed E-state index contributed by atoms with van der Waals surface area (Å²) < 4.78 is 5.37. The van der Waals surface area contributed by atoms with Crippen LogP contribution in [0, 0.1) is 0 Å². The zero-order valence-electron chi connectivity index (χ0n) is 12.0. The topological polar surface area (TPSA) is 38.3 Å². The monoisotopic (exact) mass is 337 g/mol. The predicted molar refractivity (Wildman–Crippen MR) is 89.7 cm³/mol. The van der Waals surface area contributed by atoms with E-state index in [2.05, 4.69) is 17.4 Å². The molecule has 2 aromatic carbocycles. The summed E-state index contributed by atoms with van der Waals surface area (Å²) in [6, 6.07) is 15.1. The molecule has 0 fully saturated rings. The zero-order chi connectivity index (χ0) is 15.8. The molecule has 2 rings (SSSR count). The van der Waals surface area contributed by atoms with Crippen molar-refractivity contribution in [1.29, 1.82) is 0 Å². The van der Waals surface area contributed by atoms with Crippen LogP contribution in [0.3, 0.4) is 0 Å². The number of rotatable bonds is 7. The number of carbonyl (C=O) groups is 1. The van der Waals surface area contributed by atoms with Crippen molar-refractivity contribution in [3.63, 3.8) is 0 Å². The van der Waals surface area contributed by atoms with Crippen LogP contribution >= 0.6 is 23.2 Å². The molecule has 0 aliphatic rings. The molecule has 0 saturated heterocycles. The Bertz CT molecular complexity index is 617. The van der Waals surface area contributed by atoms with E-state index in [1.165, 1.54) is 5.56 Å². The first-order valence-corrected chi connectivity index (χ1v) is 7.79. The molecule has 0 aliphatic carbocycles. The van der Waals surface area contributed by atoms with Crippen molar-refractivity contribution >= 4 is 29.1 Å². The number of hydrogen-bond donors (Lipinski definition) is 1. The lowest BCUT2D eigenvalue weighted by atomic mass is 10.1. The lowest BCUT2D eigenvalue weighted by Gasteiger charge is -2.09. The summed E-state index contributed by atoms with van der Waals surface area (Å²) in [5.41, 5.74) is 1.26. The maximum atomic E-state index is 11.7. The van der Waals surface area contributed by atoms with Gasteiger partial charge in [0.25, 0.3) is 5.91 Å². The van der Waals surface area contributed by atoms with Crippen LogP contribution in [-0.4, -0.2) is 19.1 Å². The number of halogens is 2. The zero-order valence-corrected chi connectivity index (χ0v) is 13.5. The molecule has 1 N–H and O–H groups in total. The quantitative estimate of drug-likeness (QED) is 0.771. The van der Waals surface area contributed by atoms with E-state index in [9.17, 15) is 4.79 Å². The molecule has 22 heavy (non-hydrogen) atoms. The number of amides is 1. The van der Waals surface area contributed by atoms with Gasteiger partial charge in [-0.1, -0.05) is 53.5 Å². The largest absolute Gasteiger partial charge is 0.482 e. The minimum Gasteiger partial charge on any atom is -0.482 e. The summed E-state index contributed by atoms with van der Waals surface area (Å²) in [6.45, 7) is 0.533. The Morgan fingerprint density at radius 2 is 1.86 bits per heavy atom. The molecule has 0 bridgehead atoms. The van der Waals surface area contributed by atoms with E-state index in [1.807, 2.05) is 18.2 Å². The van der Waals surface area contributed by atoms with E-state index < -0.39 is 0 Å². The summed E-state index contributed by atoms with van der Waals surface area (Å²) in [5, 5.41) is 3.77. The Balaban J connectivity index is 1.67. The van der Waals surface area contributed by atoms with Gasteiger partial charge in [0, 0.05) is 17.6 Å². The number of benzene rings is 2. The van der Waals surface area contributed by atoms with Gasteiger partial charge < -0.3 is 10.1 Å². The summed E-state index contributed by atoms with van der Waals surface area (Å²) in [5.74, 6) is 0.234. The second-order valence-electron chi connectivity index (χ2n) is 4.80. The summed E-state index contributed by atoms with van der Waals surface area (Å²) in [4.78, 5) is 11.7. The molecule has 3 nitrogen and oxygen atoms in total. The maximum absolute atomic E-state index is 11.7. The average molecular weight is 338 g/mol. The lowest BCUT2D eigenvalue weighted by Crippen LogP contribution is -2.29. The molecule has 0 spiro atoms. The van der Waals surface area contributed by atoms with Gasteiger partial charge in [-0.3, -0.25) is 4.79 Å². The van der Waals surface area contributed by atoms with Crippen LogP contribution in [0.25, 0.3) is 0 Å². The van der Waals surface area contributed by atoms with Crippen LogP contribution in [0.15, 0.2) is 48.5 Å². The standard InChI is InChI=1S/C17H17Cl2NO2/c18-14-8-9-15(19)16(11-14)22-12-17(21)20-10-4-7-13-5-2-1-3-6-13/h1-3,5-6,8-9,11H,4,7,10,12H2,(H,20,21). The average Bonchev–Trinajstić information content (AvgIpc) is 2.53. The number of aryl methyl sites for hydroxylation is 1. The van der Waals surface area contributed by atoms with Gasteiger partial charge in [-0.25, -0.2) is 0 Å². The normalized spacial score (nSPS) is 10.3. The molecule has 0 aromatic heterocycles. The van der Waals surface area contributed by atoms with E-state index in [-0.39, 0.29) is 12.5 Å². The van der Waals surface area contributed by atoms with Crippen molar-refractivity contribution in [2.45, 2.75) is 12.8 Å². The molecule has 1 amide bonds. The number of ether oxygens (including phenoxy) is 1. The highest BCUT2D eigenvalue weighted by atomic mass is 35.5. The molecular formula is C17H17Cl2NO2. The fourth-order valence-electron chi connectivity index (χ4n) is 1.95. The summed E-state index contributed by atoms with van der Waals surface area (Å²) in [6.07, 6.45) is 1.82. The Morgan fingerprint density at radius 1 is 1.09 bits per heavy atom. The summed E-state index contributed by atoms with van der Waals surface area (Å²) >= 11 is 11.8. The first-order valence-electron chi connectivity index (χ1n) is 7.03. The molecule has 0 unspecified atom stereocenters. The van der Waals surface area contributed by atoms with Crippen LogP contribution in [0.4, 0.5) is 0 Å².